The van der Waals surface area contributed by atoms with Gasteiger partial charge in [0.25, 0.3) is 0 Å². The number of rotatable bonds is 9. The van der Waals surface area contributed by atoms with Gasteiger partial charge in [-0.1, -0.05) is 36.4 Å². The molecule has 2 aromatic carbocycles. The van der Waals surface area contributed by atoms with Crippen LogP contribution in [0.4, 0.5) is 4.79 Å². The number of aliphatic hydroxyl groups is 1. The summed E-state index contributed by atoms with van der Waals surface area (Å²) in [6, 6.07) is 11.4. The second-order valence-electron chi connectivity index (χ2n) is 16.2. The van der Waals surface area contributed by atoms with Gasteiger partial charge in [-0.15, -0.1) is 0 Å². The zero-order valence-electron chi connectivity index (χ0n) is 31.8. The Hall–Kier alpha value is -4.95. The first-order chi connectivity index (χ1) is 25.2. The summed E-state index contributed by atoms with van der Waals surface area (Å²) in [6.45, 7) is 11.8. The van der Waals surface area contributed by atoms with Crippen molar-refractivity contribution in [2.24, 2.45) is 0 Å². The van der Waals surface area contributed by atoms with E-state index in [0.717, 1.165) is 12.5 Å². The maximum Gasteiger partial charge on any atom is 0.514 e. The molecule has 14 heteroatoms. The van der Waals surface area contributed by atoms with Crippen LogP contribution in [0.2, 0.25) is 0 Å². The van der Waals surface area contributed by atoms with Crippen molar-refractivity contribution >= 4 is 30.0 Å². The van der Waals surface area contributed by atoms with Crippen molar-refractivity contribution in [3.8, 4) is 11.5 Å². The van der Waals surface area contributed by atoms with E-state index >= 15 is 0 Å². The second-order valence-corrected chi connectivity index (χ2v) is 16.2. The van der Waals surface area contributed by atoms with Crippen molar-refractivity contribution < 1.29 is 62.2 Å². The maximum absolute atomic E-state index is 13.9. The van der Waals surface area contributed by atoms with Crippen molar-refractivity contribution in [1.82, 2.24) is 4.90 Å². The van der Waals surface area contributed by atoms with Gasteiger partial charge < -0.3 is 43.2 Å². The van der Waals surface area contributed by atoms with Gasteiger partial charge in [0.05, 0.1) is 17.4 Å². The maximum atomic E-state index is 13.9. The summed E-state index contributed by atoms with van der Waals surface area (Å²) in [5, 5.41) is 12.6. The van der Waals surface area contributed by atoms with Gasteiger partial charge in [0.1, 0.15) is 17.0 Å². The van der Waals surface area contributed by atoms with Gasteiger partial charge in [-0.3, -0.25) is 9.59 Å². The van der Waals surface area contributed by atoms with E-state index in [1.165, 1.54) is 0 Å². The predicted molar refractivity (Wildman–Crippen MR) is 189 cm³/mol. The quantitative estimate of drug-likeness (QED) is 0.211. The van der Waals surface area contributed by atoms with Crippen LogP contribution in [0.5, 0.6) is 11.5 Å². The van der Waals surface area contributed by atoms with Crippen LogP contribution in [0.25, 0.3) is 0 Å². The number of carbonyl (C=O) groups excluding carboxylic acids is 5. The molecule has 14 nitrogen and oxygen atoms in total. The fourth-order valence-corrected chi connectivity index (χ4v) is 7.99. The minimum absolute atomic E-state index is 0.0293. The summed E-state index contributed by atoms with van der Waals surface area (Å²) >= 11 is 0. The van der Waals surface area contributed by atoms with Crippen LogP contribution in [0.1, 0.15) is 90.5 Å². The van der Waals surface area contributed by atoms with Crippen LogP contribution in [0.3, 0.4) is 0 Å². The zero-order valence-corrected chi connectivity index (χ0v) is 31.8. The molecule has 0 aromatic heterocycles. The third-order valence-electron chi connectivity index (χ3n) is 10.0. The largest absolute Gasteiger partial charge is 0.514 e. The normalized spacial score (nSPS) is 25.1. The van der Waals surface area contributed by atoms with Crippen molar-refractivity contribution in [3.63, 3.8) is 0 Å². The Bertz CT molecular complexity index is 1880. The average Bonchev–Trinajstić information content (AvgIpc) is 3.42. The number of ether oxygens (including phenoxy) is 7. The van der Waals surface area contributed by atoms with Gasteiger partial charge >= 0.3 is 30.0 Å². The monoisotopic (exact) mass is 749 g/mol. The zero-order chi connectivity index (χ0) is 39.4. The lowest BCUT2D eigenvalue weighted by atomic mass is 9.50. The highest BCUT2D eigenvalue weighted by Gasteiger charge is 2.72. The first kappa shape index (κ1) is 38.8. The Morgan fingerprint density at radius 3 is 2.26 bits per heavy atom. The lowest BCUT2D eigenvalue weighted by Crippen LogP contribution is -2.74. The van der Waals surface area contributed by atoms with E-state index in [1.54, 1.807) is 84.0 Å². The number of carbonyl (C=O) groups is 5. The molecule has 1 fully saturated rings. The Morgan fingerprint density at radius 2 is 1.61 bits per heavy atom. The number of likely N-dealkylation sites (N-methyl/N-ethyl adjacent to an activating group) is 1. The van der Waals surface area contributed by atoms with Gasteiger partial charge in [-0.05, 0) is 85.7 Å². The summed E-state index contributed by atoms with van der Waals surface area (Å²) < 4.78 is 39.8. The summed E-state index contributed by atoms with van der Waals surface area (Å²) in [7, 11) is 1.94. The van der Waals surface area contributed by atoms with E-state index in [4.69, 9.17) is 33.2 Å². The molecule has 6 rings (SSSR count). The van der Waals surface area contributed by atoms with Crippen LogP contribution in [0.15, 0.2) is 54.3 Å². The molecule has 0 unspecified atom stereocenters. The molecule has 0 amide bonds. The van der Waals surface area contributed by atoms with E-state index in [9.17, 15) is 29.1 Å². The summed E-state index contributed by atoms with van der Waals surface area (Å²) in [5.41, 5.74) is -2.31. The number of nitrogens with zero attached hydrogens (tertiary/aromatic N) is 1. The fraction of sp³-hybridized carbons (Fsp3) is 0.525. The molecular formula is C40H47NO13. The van der Waals surface area contributed by atoms with Crippen molar-refractivity contribution in [2.75, 3.05) is 13.6 Å². The topological polar surface area (TPSA) is 173 Å². The second kappa shape index (κ2) is 14.0. The third kappa shape index (κ3) is 7.28. The van der Waals surface area contributed by atoms with Gasteiger partial charge in [0, 0.05) is 30.5 Å². The SMILES string of the molecule is CC(=O)O[C@@H](CC(=O)O[C@H](C(=O)OC(C)(C)C)c1ccccc1)C(=O)OC1=CC[C@@]2(O)[C@H]3Cc4ccc(OC(=O)OC(C)(C)C)c5c4[C@@]2(CCN3C)[C@H]1O5. The van der Waals surface area contributed by atoms with Crippen LogP contribution >= 0.6 is 0 Å². The standard InChI is InChI=1S/C40H47NO13/c1-22(42)48-27(21-29(43)51-31(23-12-10-9-11-13-23)35(45)53-37(2,3)4)34(44)49-26-16-17-40(47)28-20-24-14-15-25(50-36(46)54-38(5,6)7)32-30(24)39(40,33(26)52-32)18-19-41(28)8/h9-16,27-28,31,33,47H,17-21H2,1-8H3/t27-,28+,31-,33-,39-,40+/m0/s1. The van der Waals surface area contributed by atoms with Gasteiger partial charge in [0.15, 0.2) is 17.6 Å². The number of esters is 4. The highest BCUT2D eigenvalue weighted by atomic mass is 16.7. The van der Waals surface area contributed by atoms with Crippen LogP contribution in [0, 0.1) is 0 Å². The van der Waals surface area contributed by atoms with E-state index in [2.05, 4.69) is 4.90 Å². The lowest BCUT2D eigenvalue weighted by molar-refractivity contribution is -0.182. The van der Waals surface area contributed by atoms with Crippen molar-refractivity contribution in [1.29, 1.82) is 0 Å². The minimum Gasteiger partial charge on any atom is -0.477 e. The molecule has 2 aliphatic heterocycles. The number of piperidine rings is 1. The Morgan fingerprint density at radius 1 is 0.926 bits per heavy atom. The lowest BCUT2D eigenvalue weighted by Gasteiger charge is -2.61. The highest BCUT2D eigenvalue weighted by Crippen LogP contribution is 2.65. The Labute approximate surface area is 313 Å². The van der Waals surface area contributed by atoms with Crippen molar-refractivity contribution in [3.05, 3.63) is 71.0 Å². The fourth-order valence-electron chi connectivity index (χ4n) is 7.99. The average molecular weight is 750 g/mol. The molecule has 1 N–H and O–H groups in total. The first-order valence-electron chi connectivity index (χ1n) is 17.9. The summed E-state index contributed by atoms with van der Waals surface area (Å²) in [4.78, 5) is 67.5. The molecular weight excluding hydrogens is 702 g/mol. The molecule has 1 spiro atoms. The Balaban J connectivity index is 1.28. The molecule has 2 aromatic rings. The van der Waals surface area contributed by atoms with Gasteiger partial charge in [0.2, 0.25) is 12.2 Å². The molecule has 6 atom stereocenters. The first-order valence-corrected chi connectivity index (χ1v) is 17.9. The van der Waals surface area contributed by atoms with Crippen LogP contribution in [-0.4, -0.2) is 88.7 Å². The third-order valence-corrected chi connectivity index (χ3v) is 10.0. The van der Waals surface area contributed by atoms with E-state index in [1.807, 2.05) is 13.1 Å². The van der Waals surface area contributed by atoms with Crippen LogP contribution < -0.4 is 9.47 Å². The molecule has 2 bridgehead atoms. The van der Waals surface area contributed by atoms with Gasteiger partial charge in [-0.25, -0.2) is 14.4 Å². The molecule has 54 heavy (non-hydrogen) atoms. The van der Waals surface area contributed by atoms with Crippen LogP contribution in [-0.2, 0) is 54.7 Å². The molecule has 1 saturated heterocycles. The Kier molecular flexibility index (Phi) is 10.1. The molecule has 4 aliphatic rings. The van der Waals surface area contributed by atoms with E-state index in [-0.39, 0.29) is 29.7 Å². The molecule has 0 radical (unpaired) electrons. The van der Waals surface area contributed by atoms with E-state index in [0.29, 0.717) is 30.5 Å². The number of hydrogen-bond donors (Lipinski definition) is 1. The number of benzene rings is 2. The molecule has 0 saturated carbocycles. The molecule has 2 heterocycles. The summed E-state index contributed by atoms with van der Waals surface area (Å²) in [6.07, 6.45) is -3.50. The number of hydrogen-bond acceptors (Lipinski definition) is 14. The van der Waals surface area contributed by atoms with E-state index < -0.39 is 77.0 Å². The van der Waals surface area contributed by atoms with Gasteiger partial charge in [-0.2, -0.15) is 0 Å². The smallest absolute Gasteiger partial charge is 0.477 e. The molecule has 2 aliphatic carbocycles. The highest BCUT2D eigenvalue weighted by molar-refractivity contribution is 5.86. The molecule has 290 valence electrons. The predicted octanol–water partition coefficient (Wildman–Crippen LogP) is 4.77. The van der Waals surface area contributed by atoms with Crippen molar-refractivity contribution in [2.45, 2.75) is 121 Å². The number of likely N-dealkylation sites (tertiary alicyclic amines) is 1. The minimum atomic E-state index is -1.77. The summed E-state index contributed by atoms with van der Waals surface area (Å²) in [5.74, 6) is -3.50.